The Hall–Kier alpha value is -0.780. The van der Waals surface area contributed by atoms with E-state index in [1.807, 2.05) is 23.9 Å². The van der Waals surface area contributed by atoms with Gasteiger partial charge in [0.25, 0.3) is 0 Å². The van der Waals surface area contributed by atoms with Gasteiger partial charge in [-0.25, -0.2) is 4.98 Å². The van der Waals surface area contributed by atoms with Crippen LogP contribution in [0.25, 0.3) is 0 Å². The minimum absolute atomic E-state index is 0.0575. The van der Waals surface area contributed by atoms with Crippen LogP contribution >= 0.6 is 11.8 Å². The zero-order chi connectivity index (χ0) is 13.1. The molecule has 1 aromatic heterocycles. The number of ether oxygens (including phenoxy) is 2. The quantitative estimate of drug-likeness (QED) is 0.902. The summed E-state index contributed by atoms with van der Waals surface area (Å²) in [6.45, 7) is 2.52. The highest BCUT2D eigenvalue weighted by atomic mass is 32.2. The summed E-state index contributed by atoms with van der Waals surface area (Å²) < 4.78 is 11.5. The number of thioether (sulfide) groups is 1. The van der Waals surface area contributed by atoms with E-state index < -0.39 is 0 Å². The van der Waals surface area contributed by atoms with Crippen molar-refractivity contribution in [2.45, 2.75) is 41.6 Å². The minimum atomic E-state index is 0.0575. The van der Waals surface area contributed by atoms with Gasteiger partial charge in [0.2, 0.25) is 0 Å². The molecular formula is C14H20N2O2S. The highest BCUT2D eigenvalue weighted by Crippen LogP contribution is 2.40. The number of nitrogens with zero attached hydrogens (tertiary/aromatic N) is 1. The lowest BCUT2D eigenvalue weighted by Gasteiger charge is -2.43. The average Bonchev–Trinajstić information content (AvgIpc) is 2.42. The van der Waals surface area contributed by atoms with Gasteiger partial charge in [0.1, 0.15) is 0 Å². The molecule has 4 nitrogen and oxygen atoms in total. The third-order valence-corrected chi connectivity index (χ3v) is 5.12. The Morgan fingerprint density at radius 3 is 2.84 bits per heavy atom. The Balaban J connectivity index is 1.63. The SMILES string of the molecule is Nc1ccc(SC2CCOC3(CCOCC3)C2)nc1. The predicted molar refractivity (Wildman–Crippen MR) is 76.3 cm³/mol. The summed E-state index contributed by atoms with van der Waals surface area (Å²) in [7, 11) is 0. The summed E-state index contributed by atoms with van der Waals surface area (Å²) in [5.74, 6) is 0. The summed E-state index contributed by atoms with van der Waals surface area (Å²) >= 11 is 1.85. The van der Waals surface area contributed by atoms with Crippen LogP contribution < -0.4 is 5.73 Å². The zero-order valence-electron chi connectivity index (χ0n) is 11.0. The molecule has 1 unspecified atom stereocenters. The lowest BCUT2D eigenvalue weighted by Crippen LogP contribution is -2.45. The van der Waals surface area contributed by atoms with Crippen molar-refractivity contribution >= 4 is 17.4 Å². The van der Waals surface area contributed by atoms with Gasteiger partial charge in [-0.3, -0.25) is 0 Å². The summed E-state index contributed by atoms with van der Waals surface area (Å²) in [5.41, 5.74) is 6.44. The first-order chi connectivity index (χ1) is 9.26. The summed E-state index contributed by atoms with van der Waals surface area (Å²) in [6.07, 6.45) is 5.98. The fraction of sp³-hybridized carbons (Fsp3) is 0.643. The number of aromatic nitrogens is 1. The van der Waals surface area contributed by atoms with Gasteiger partial charge in [0, 0.05) is 25.1 Å². The second kappa shape index (κ2) is 5.69. The topological polar surface area (TPSA) is 57.4 Å². The van der Waals surface area contributed by atoms with Gasteiger partial charge in [0.05, 0.1) is 22.5 Å². The lowest BCUT2D eigenvalue weighted by atomic mass is 9.86. The van der Waals surface area contributed by atoms with Gasteiger partial charge in [-0.1, -0.05) is 0 Å². The van der Waals surface area contributed by atoms with Gasteiger partial charge in [-0.05, 0) is 37.8 Å². The first kappa shape index (κ1) is 13.2. The maximum atomic E-state index is 6.06. The molecule has 0 aliphatic carbocycles. The standard InChI is InChI=1S/C14H20N2O2S/c15-11-1-2-13(16-10-11)19-12-3-6-18-14(9-12)4-7-17-8-5-14/h1-2,10,12H,3-9,15H2. The molecule has 2 aliphatic rings. The molecule has 0 aromatic carbocycles. The Kier molecular flexibility index (Phi) is 3.96. The van der Waals surface area contributed by atoms with Crippen molar-refractivity contribution in [3.05, 3.63) is 18.3 Å². The van der Waals surface area contributed by atoms with Crippen molar-refractivity contribution in [3.8, 4) is 0 Å². The molecular weight excluding hydrogens is 260 g/mol. The van der Waals surface area contributed by atoms with Crippen LogP contribution in [0, 0.1) is 0 Å². The molecule has 3 heterocycles. The van der Waals surface area contributed by atoms with Crippen LogP contribution in [0.5, 0.6) is 0 Å². The van der Waals surface area contributed by atoms with Gasteiger partial charge >= 0.3 is 0 Å². The maximum Gasteiger partial charge on any atom is 0.0964 e. The van der Waals surface area contributed by atoms with Gasteiger partial charge < -0.3 is 15.2 Å². The number of anilines is 1. The van der Waals surface area contributed by atoms with Crippen LogP contribution in [0.4, 0.5) is 5.69 Å². The lowest BCUT2D eigenvalue weighted by molar-refractivity contribution is -0.131. The van der Waals surface area contributed by atoms with E-state index in [0.29, 0.717) is 5.25 Å². The first-order valence-corrected chi connectivity index (χ1v) is 7.74. The molecule has 0 saturated carbocycles. The van der Waals surface area contributed by atoms with Crippen molar-refractivity contribution < 1.29 is 9.47 Å². The zero-order valence-corrected chi connectivity index (χ0v) is 11.8. The minimum Gasteiger partial charge on any atom is -0.397 e. The van der Waals surface area contributed by atoms with Gasteiger partial charge in [-0.2, -0.15) is 0 Å². The van der Waals surface area contributed by atoms with E-state index in [0.717, 1.165) is 56.2 Å². The van der Waals surface area contributed by atoms with E-state index in [-0.39, 0.29) is 5.60 Å². The fourth-order valence-corrected chi connectivity index (χ4v) is 4.01. The highest BCUT2D eigenvalue weighted by Gasteiger charge is 2.39. The van der Waals surface area contributed by atoms with Crippen LogP contribution in [-0.2, 0) is 9.47 Å². The first-order valence-electron chi connectivity index (χ1n) is 6.86. The summed E-state index contributed by atoms with van der Waals surface area (Å²) in [5, 5.41) is 1.64. The van der Waals surface area contributed by atoms with Gasteiger partial charge in [-0.15, -0.1) is 11.8 Å². The molecule has 19 heavy (non-hydrogen) atoms. The molecule has 2 fully saturated rings. The number of rotatable bonds is 2. The number of hydrogen-bond donors (Lipinski definition) is 1. The normalized spacial score (nSPS) is 26.4. The molecule has 2 aliphatic heterocycles. The van der Waals surface area contributed by atoms with Crippen molar-refractivity contribution in [2.24, 2.45) is 0 Å². The third kappa shape index (κ3) is 3.22. The molecule has 2 N–H and O–H groups in total. The summed E-state index contributed by atoms with van der Waals surface area (Å²) in [6, 6.07) is 3.92. The molecule has 5 heteroatoms. The van der Waals surface area contributed by atoms with Crippen LogP contribution in [0.3, 0.4) is 0 Å². The Labute approximate surface area is 118 Å². The number of nitrogen functional groups attached to an aromatic ring is 1. The molecule has 1 aromatic rings. The van der Waals surface area contributed by atoms with Crippen LogP contribution in [0.1, 0.15) is 25.7 Å². The second-order valence-electron chi connectivity index (χ2n) is 5.31. The number of nitrogens with two attached hydrogens (primary N) is 1. The van der Waals surface area contributed by atoms with Gasteiger partial charge in [0.15, 0.2) is 0 Å². The second-order valence-corrected chi connectivity index (χ2v) is 6.63. The Morgan fingerprint density at radius 2 is 2.11 bits per heavy atom. The molecule has 0 bridgehead atoms. The Morgan fingerprint density at radius 1 is 1.26 bits per heavy atom. The molecule has 0 amide bonds. The van der Waals surface area contributed by atoms with Crippen molar-refractivity contribution in [1.29, 1.82) is 0 Å². The van der Waals surface area contributed by atoms with Crippen LogP contribution in [0.2, 0.25) is 0 Å². The molecule has 2 saturated heterocycles. The van der Waals surface area contributed by atoms with E-state index in [1.54, 1.807) is 6.20 Å². The smallest absolute Gasteiger partial charge is 0.0964 e. The number of hydrogen-bond acceptors (Lipinski definition) is 5. The van der Waals surface area contributed by atoms with Crippen molar-refractivity contribution in [2.75, 3.05) is 25.6 Å². The predicted octanol–water partition coefficient (Wildman–Crippen LogP) is 2.48. The van der Waals surface area contributed by atoms with Crippen LogP contribution in [0.15, 0.2) is 23.4 Å². The third-order valence-electron chi connectivity index (χ3n) is 3.90. The monoisotopic (exact) mass is 280 g/mol. The maximum absolute atomic E-state index is 6.06. The molecule has 1 spiro atoms. The van der Waals surface area contributed by atoms with E-state index >= 15 is 0 Å². The van der Waals surface area contributed by atoms with E-state index in [1.165, 1.54) is 0 Å². The van der Waals surface area contributed by atoms with Crippen molar-refractivity contribution in [3.63, 3.8) is 0 Å². The molecule has 104 valence electrons. The molecule has 3 rings (SSSR count). The number of pyridine rings is 1. The largest absolute Gasteiger partial charge is 0.397 e. The average molecular weight is 280 g/mol. The fourth-order valence-electron chi connectivity index (χ4n) is 2.81. The molecule has 0 radical (unpaired) electrons. The van der Waals surface area contributed by atoms with Crippen LogP contribution in [-0.4, -0.2) is 35.7 Å². The molecule has 1 atom stereocenters. The highest BCUT2D eigenvalue weighted by molar-refractivity contribution is 7.99. The Bertz CT molecular complexity index is 412. The van der Waals surface area contributed by atoms with Crippen molar-refractivity contribution in [1.82, 2.24) is 4.98 Å². The summed E-state index contributed by atoms with van der Waals surface area (Å²) in [4.78, 5) is 4.38. The van der Waals surface area contributed by atoms with E-state index in [2.05, 4.69) is 4.98 Å². The van der Waals surface area contributed by atoms with E-state index in [9.17, 15) is 0 Å². The van der Waals surface area contributed by atoms with E-state index in [4.69, 9.17) is 15.2 Å².